The Kier molecular flexibility index (Phi) is 4.55. The van der Waals surface area contributed by atoms with E-state index in [4.69, 9.17) is 17.3 Å². The molecule has 1 aromatic heterocycles. The molecule has 3 rings (SSSR count). The summed E-state index contributed by atoms with van der Waals surface area (Å²) in [6.07, 6.45) is 7.47. The highest BCUT2D eigenvalue weighted by Crippen LogP contribution is 2.25. The lowest BCUT2D eigenvalue weighted by Crippen LogP contribution is -2.33. The molecule has 22 heavy (non-hydrogen) atoms. The van der Waals surface area contributed by atoms with Crippen molar-refractivity contribution in [3.8, 4) is 11.3 Å². The molecule has 1 heterocycles. The van der Waals surface area contributed by atoms with E-state index in [9.17, 15) is 4.39 Å². The van der Waals surface area contributed by atoms with Gasteiger partial charge in [0.05, 0.1) is 23.1 Å². The lowest BCUT2D eigenvalue weighted by atomic mass is 9.92. The van der Waals surface area contributed by atoms with E-state index in [1.807, 2.05) is 0 Å². The SMILES string of the molecule is NC1CCC(Nc2cncc(-c3ccc(F)c(Cl)c3)n2)CC1. The summed E-state index contributed by atoms with van der Waals surface area (Å²) in [5, 5.41) is 3.48. The van der Waals surface area contributed by atoms with Crippen molar-refractivity contribution in [1.82, 2.24) is 9.97 Å². The Bertz CT molecular complexity index is 656. The second-order valence-corrected chi connectivity index (χ2v) is 6.08. The van der Waals surface area contributed by atoms with Crippen molar-refractivity contribution in [3.05, 3.63) is 41.4 Å². The van der Waals surface area contributed by atoms with E-state index in [2.05, 4.69) is 15.3 Å². The van der Waals surface area contributed by atoms with Crippen LogP contribution in [0.15, 0.2) is 30.6 Å². The molecule has 6 heteroatoms. The lowest BCUT2D eigenvalue weighted by molar-refractivity contribution is 0.410. The molecule has 0 atom stereocenters. The van der Waals surface area contributed by atoms with Gasteiger partial charge < -0.3 is 11.1 Å². The van der Waals surface area contributed by atoms with Gasteiger partial charge in [-0.3, -0.25) is 4.98 Å². The Labute approximate surface area is 133 Å². The van der Waals surface area contributed by atoms with E-state index in [1.165, 1.54) is 6.07 Å². The van der Waals surface area contributed by atoms with Crippen LogP contribution in [0.25, 0.3) is 11.3 Å². The summed E-state index contributed by atoms with van der Waals surface area (Å²) in [5.41, 5.74) is 7.33. The molecule has 2 aromatic rings. The third-order valence-electron chi connectivity index (χ3n) is 3.97. The third kappa shape index (κ3) is 3.54. The number of nitrogens with two attached hydrogens (primary N) is 1. The summed E-state index contributed by atoms with van der Waals surface area (Å²) in [5.74, 6) is 0.282. The van der Waals surface area contributed by atoms with Crippen molar-refractivity contribution < 1.29 is 4.39 Å². The Morgan fingerprint density at radius 2 is 1.95 bits per heavy atom. The van der Waals surface area contributed by atoms with E-state index in [0.717, 1.165) is 37.1 Å². The molecule has 1 aliphatic carbocycles. The summed E-state index contributed by atoms with van der Waals surface area (Å²) < 4.78 is 13.2. The summed E-state index contributed by atoms with van der Waals surface area (Å²) in [6, 6.07) is 5.24. The van der Waals surface area contributed by atoms with Gasteiger partial charge in [-0.25, -0.2) is 9.37 Å². The van der Waals surface area contributed by atoms with Gasteiger partial charge >= 0.3 is 0 Å². The summed E-state index contributed by atoms with van der Waals surface area (Å²) in [6.45, 7) is 0. The first-order chi connectivity index (χ1) is 10.6. The summed E-state index contributed by atoms with van der Waals surface area (Å²) >= 11 is 5.82. The number of nitrogens with zero attached hydrogens (tertiary/aromatic N) is 2. The van der Waals surface area contributed by atoms with Crippen molar-refractivity contribution in [2.45, 2.75) is 37.8 Å². The van der Waals surface area contributed by atoms with Gasteiger partial charge in [0.1, 0.15) is 11.6 Å². The zero-order valence-electron chi connectivity index (χ0n) is 12.1. The van der Waals surface area contributed by atoms with Gasteiger partial charge in [-0.1, -0.05) is 11.6 Å². The van der Waals surface area contributed by atoms with Crippen molar-refractivity contribution in [3.63, 3.8) is 0 Å². The maximum atomic E-state index is 13.2. The molecule has 0 spiro atoms. The van der Waals surface area contributed by atoms with E-state index >= 15 is 0 Å². The van der Waals surface area contributed by atoms with Crippen LogP contribution in [-0.2, 0) is 0 Å². The highest BCUT2D eigenvalue weighted by atomic mass is 35.5. The minimum atomic E-state index is -0.439. The maximum Gasteiger partial charge on any atom is 0.145 e. The van der Waals surface area contributed by atoms with Crippen LogP contribution in [0.5, 0.6) is 0 Å². The molecular formula is C16H18ClFN4. The Morgan fingerprint density at radius 3 is 2.68 bits per heavy atom. The fourth-order valence-corrected chi connectivity index (χ4v) is 2.88. The molecule has 4 nitrogen and oxygen atoms in total. The normalized spacial score (nSPS) is 21.6. The van der Waals surface area contributed by atoms with Crippen LogP contribution in [0.2, 0.25) is 5.02 Å². The van der Waals surface area contributed by atoms with E-state index in [1.54, 1.807) is 24.5 Å². The standard InChI is InChI=1S/C16H18ClFN4/c17-13-7-10(1-6-14(13)18)15-8-20-9-16(22-15)21-12-4-2-11(19)3-5-12/h1,6-9,11-12H,2-5,19H2,(H,21,22). The van der Waals surface area contributed by atoms with Gasteiger partial charge in [0.15, 0.2) is 0 Å². The molecule has 1 saturated carbocycles. The van der Waals surface area contributed by atoms with E-state index < -0.39 is 5.82 Å². The highest BCUT2D eigenvalue weighted by Gasteiger charge is 2.18. The molecular weight excluding hydrogens is 303 g/mol. The number of halogens is 2. The van der Waals surface area contributed by atoms with Gasteiger partial charge in [-0.05, 0) is 43.9 Å². The third-order valence-corrected chi connectivity index (χ3v) is 4.26. The average Bonchev–Trinajstić information content (AvgIpc) is 2.53. The molecule has 116 valence electrons. The fourth-order valence-electron chi connectivity index (χ4n) is 2.70. The monoisotopic (exact) mass is 320 g/mol. The summed E-state index contributed by atoms with van der Waals surface area (Å²) in [4.78, 5) is 8.75. The molecule has 0 radical (unpaired) electrons. The maximum absolute atomic E-state index is 13.2. The number of hydrogen-bond acceptors (Lipinski definition) is 4. The minimum absolute atomic E-state index is 0.0823. The zero-order valence-corrected chi connectivity index (χ0v) is 12.9. The van der Waals surface area contributed by atoms with E-state index in [0.29, 0.717) is 17.8 Å². The molecule has 0 aliphatic heterocycles. The molecule has 1 fully saturated rings. The van der Waals surface area contributed by atoms with Crippen LogP contribution in [0.1, 0.15) is 25.7 Å². The predicted octanol–water partition coefficient (Wildman–Crippen LogP) is 3.62. The lowest BCUT2D eigenvalue weighted by Gasteiger charge is -2.27. The molecule has 0 bridgehead atoms. The van der Waals surface area contributed by atoms with Gasteiger partial charge in [0.25, 0.3) is 0 Å². The van der Waals surface area contributed by atoms with Crippen LogP contribution in [0, 0.1) is 5.82 Å². The first-order valence-corrected chi connectivity index (χ1v) is 7.79. The molecule has 3 N–H and O–H groups in total. The molecule has 0 unspecified atom stereocenters. The van der Waals surface area contributed by atoms with Gasteiger partial charge in [0.2, 0.25) is 0 Å². The number of benzene rings is 1. The Balaban J connectivity index is 1.76. The minimum Gasteiger partial charge on any atom is -0.366 e. The highest BCUT2D eigenvalue weighted by molar-refractivity contribution is 6.31. The number of aromatic nitrogens is 2. The second-order valence-electron chi connectivity index (χ2n) is 5.67. The van der Waals surface area contributed by atoms with Crippen molar-refractivity contribution >= 4 is 17.4 Å². The van der Waals surface area contributed by atoms with Gasteiger partial charge in [-0.15, -0.1) is 0 Å². The summed E-state index contributed by atoms with van der Waals surface area (Å²) in [7, 11) is 0. The average molecular weight is 321 g/mol. The fraction of sp³-hybridized carbons (Fsp3) is 0.375. The zero-order chi connectivity index (χ0) is 15.5. The molecule has 0 saturated heterocycles. The van der Waals surface area contributed by atoms with E-state index in [-0.39, 0.29) is 5.02 Å². The van der Waals surface area contributed by atoms with Crippen LogP contribution in [0.4, 0.5) is 10.2 Å². The molecule has 1 aliphatic rings. The number of rotatable bonds is 3. The van der Waals surface area contributed by atoms with Crippen molar-refractivity contribution in [2.75, 3.05) is 5.32 Å². The smallest absolute Gasteiger partial charge is 0.145 e. The number of hydrogen-bond donors (Lipinski definition) is 2. The van der Waals surface area contributed by atoms with Gasteiger partial charge in [0, 0.05) is 17.6 Å². The number of nitrogens with one attached hydrogen (secondary N) is 1. The Hall–Kier alpha value is -1.72. The predicted molar refractivity (Wildman–Crippen MR) is 86.3 cm³/mol. The van der Waals surface area contributed by atoms with Gasteiger partial charge in [-0.2, -0.15) is 0 Å². The largest absolute Gasteiger partial charge is 0.366 e. The van der Waals surface area contributed by atoms with Crippen LogP contribution in [-0.4, -0.2) is 22.1 Å². The van der Waals surface area contributed by atoms with Crippen LogP contribution < -0.4 is 11.1 Å². The first-order valence-electron chi connectivity index (χ1n) is 7.41. The quantitative estimate of drug-likeness (QED) is 0.906. The van der Waals surface area contributed by atoms with Crippen molar-refractivity contribution in [1.29, 1.82) is 0 Å². The molecule has 1 aromatic carbocycles. The topological polar surface area (TPSA) is 63.8 Å². The molecule has 0 amide bonds. The van der Waals surface area contributed by atoms with Crippen molar-refractivity contribution in [2.24, 2.45) is 5.73 Å². The van der Waals surface area contributed by atoms with Crippen LogP contribution >= 0.6 is 11.6 Å². The van der Waals surface area contributed by atoms with Crippen LogP contribution in [0.3, 0.4) is 0 Å². The Morgan fingerprint density at radius 1 is 1.18 bits per heavy atom. The number of anilines is 1. The second kappa shape index (κ2) is 6.58. The first kappa shape index (κ1) is 15.2.